The highest BCUT2D eigenvalue weighted by Crippen LogP contribution is 2.15. The smallest absolute Gasteiger partial charge is 0.119 e. The first-order valence-corrected chi connectivity index (χ1v) is 5.54. The molecule has 0 heterocycles. The lowest BCUT2D eigenvalue weighted by Crippen LogP contribution is -2.84. The molecule has 2 heteroatoms. The maximum Gasteiger partial charge on any atom is 0.119 e. The molecule has 2 N–H and O–H groups in total. The fourth-order valence-electron chi connectivity index (χ4n) is 1.51. The number of hydrogen-bond acceptors (Lipinski definition) is 1. The van der Waals surface area contributed by atoms with Gasteiger partial charge in [-0.25, -0.2) is 0 Å². The summed E-state index contributed by atoms with van der Waals surface area (Å²) in [4.78, 5) is 0. The summed E-state index contributed by atoms with van der Waals surface area (Å²) < 4.78 is 5.42. The molecule has 1 aliphatic rings. The van der Waals surface area contributed by atoms with E-state index in [1.54, 1.807) is 6.08 Å². The average molecular weight is 204 g/mol. The molecule has 0 aliphatic heterocycles. The van der Waals surface area contributed by atoms with E-state index in [9.17, 15) is 0 Å². The van der Waals surface area contributed by atoms with Crippen molar-refractivity contribution >= 4 is 0 Å². The van der Waals surface area contributed by atoms with E-state index in [1.165, 1.54) is 18.4 Å². The molecule has 0 aromatic heterocycles. The summed E-state index contributed by atoms with van der Waals surface area (Å²) in [7, 11) is 0. The van der Waals surface area contributed by atoms with Crippen molar-refractivity contribution < 1.29 is 10.1 Å². The third-order valence-corrected chi connectivity index (χ3v) is 2.60. The predicted octanol–water partition coefficient (Wildman–Crippen LogP) is 1.48. The van der Waals surface area contributed by atoms with Crippen LogP contribution in [0.3, 0.4) is 0 Å². The molecular weight excluding hydrogens is 186 g/mol. The van der Waals surface area contributed by atoms with Crippen molar-refractivity contribution in [2.45, 2.75) is 25.4 Å². The number of quaternary nitrogens is 1. The lowest BCUT2D eigenvalue weighted by atomic mass is 10.2. The van der Waals surface area contributed by atoms with Crippen molar-refractivity contribution in [3.63, 3.8) is 0 Å². The first-order chi connectivity index (χ1) is 7.38. The van der Waals surface area contributed by atoms with Crippen LogP contribution in [0.1, 0.15) is 18.4 Å². The summed E-state index contributed by atoms with van der Waals surface area (Å²) in [6.07, 6.45) is 4.54. The highest BCUT2D eigenvalue weighted by atomic mass is 16.5. The lowest BCUT2D eigenvalue weighted by molar-refractivity contribution is -0.683. The van der Waals surface area contributed by atoms with Gasteiger partial charge in [-0.1, -0.05) is 12.7 Å². The van der Waals surface area contributed by atoms with E-state index in [2.05, 4.69) is 24.0 Å². The number of rotatable bonds is 6. The van der Waals surface area contributed by atoms with Crippen molar-refractivity contribution in [2.75, 3.05) is 6.61 Å². The topological polar surface area (TPSA) is 25.8 Å². The number of benzene rings is 1. The van der Waals surface area contributed by atoms with Gasteiger partial charge in [-0.2, -0.15) is 0 Å². The Kier molecular flexibility index (Phi) is 3.41. The summed E-state index contributed by atoms with van der Waals surface area (Å²) in [6.45, 7) is 5.29. The monoisotopic (exact) mass is 204 g/mol. The number of nitrogens with two attached hydrogens (primary N) is 1. The summed E-state index contributed by atoms with van der Waals surface area (Å²) in [6, 6.07) is 9.22. The van der Waals surface area contributed by atoms with Crippen molar-refractivity contribution in [2.24, 2.45) is 0 Å². The molecule has 1 fully saturated rings. The van der Waals surface area contributed by atoms with Crippen LogP contribution < -0.4 is 10.1 Å². The summed E-state index contributed by atoms with van der Waals surface area (Å²) in [5.74, 6) is 0.921. The highest BCUT2D eigenvalue weighted by molar-refractivity contribution is 5.26. The highest BCUT2D eigenvalue weighted by Gasteiger charge is 2.24. The normalized spacial score (nSPS) is 14.9. The van der Waals surface area contributed by atoms with Gasteiger partial charge in [0.1, 0.15) is 18.9 Å². The Balaban J connectivity index is 1.82. The summed E-state index contributed by atoms with van der Waals surface area (Å²) in [5.41, 5.74) is 1.37. The zero-order valence-electron chi connectivity index (χ0n) is 8.99. The quantitative estimate of drug-likeness (QED) is 0.698. The second kappa shape index (κ2) is 4.99. The maximum absolute atomic E-state index is 5.42. The first kappa shape index (κ1) is 10.2. The van der Waals surface area contributed by atoms with Crippen LogP contribution in [-0.4, -0.2) is 12.6 Å². The Morgan fingerprint density at radius 1 is 1.33 bits per heavy atom. The zero-order valence-corrected chi connectivity index (χ0v) is 8.99. The van der Waals surface area contributed by atoms with Gasteiger partial charge < -0.3 is 10.1 Å². The van der Waals surface area contributed by atoms with Crippen LogP contribution in [0, 0.1) is 0 Å². The van der Waals surface area contributed by atoms with Crippen LogP contribution in [0.25, 0.3) is 0 Å². The molecule has 2 nitrogen and oxygen atoms in total. The lowest BCUT2D eigenvalue weighted by Gasteiger charge is -2.04. The molecule has 0 saturated heterocycles. The van der Waals surface area contributed by atoms with Crippen LogP contribution in [0.5, 0.6) is 5.75 Å². The molecule has 1 saturated carbocycles. The second-order valence-electron chi connectivity index (χ2n) is 4.02. The van der Waals surface area contributed by atoms with E-state index in [0.29, 0.717) is 6.61 Å². The molecule has 1 aromatic rings. The average Bonchev–Trinajstić information content (AvgIpc) is 3.09. The Morgan fingerprint density at radius 3 is 2.67 bits per heavy atom. The molecule has 0 bridgehead atoms. The van der Waals surface area contributed by atoms with Gasteiger partial charge in [0.05, 0.1) is 6.04 Å². The molecule has 80 valence electrons. The van der Waals surface area contributed by atoms with Crippen LogP contribution in [-0.2, 0) is 6.54 Å². The van der Waals surface area contributed by atoms with Crippen LogP contribution in [0.15, 0.2) is 36.9 Å². The molecule has 2 rings (SSSR count). The Bertz CT molecular complexity index is 314. The minimum Gasteiger partial charge on any atom is -0.490 e. The van der Waals surface area contributed by atoms with E-state index < -0.39 is 0 Å². The fourth-order valence-corrected chi connectivity index (χ4v) is 1.51. The van der Waals surface area contributed by atoms with Crippen molar-refractivity contribution in [1.29, 1.82) is 0 Å². The van der Waals surface area contributed by atoms with Gasteiger partial charge in [-0.15, -0.1) is 0 Å². The molecule has 1 aliphatic carbocycles. The first-order valence-electron chi connectivity index (χ1n) is 5.54. The van der Waals surface area contributed by atoms with Gasteiger partial charge in [0.15, 0.2) is 0 Å². The Morgan fingerprint density at radius 2 is 2.07 bits per heavy atom. The number of ether oxygens (including phenoxy) is 1. The van der Waals surface area contributed by atoms with Gasteiger partial charge >= 0.3 is 0 Å². The SMILES string of the molecule is C=CCOc1ccc(C[NH2+]C2CC2)cc1. The second-order valence-corrected chi connectivity index (χ2v) is 4.02. The standard InChI is InChI=1S/C13H17NO/c1-2-9-15-13-7-3-11(4-8-13)10-14-12-5-6-12/h2-4,7-8,12,14H,1,5-6,9-10H2/p+1. The molecule has 0 atom stereocenters. The zero-order chi connectivity index (χ0) is 10.5. The van der Waals surface area contributed by atoms with Crippen LogP contribution in [0.2, 0.25) is 0 Å². The molecule has 0 radical (unpaired) electrons. The minimum atomic E-state index is 0.577. The van der Waals surface area contributed by atoms with Crippen molar-refractivity contribution in [3.8, 4) is 5.75 Å². The third kappa shape index (κ3) is 3.40. The summed E-state index contributed by atoms with van der Waals surface area (Å²) >= 11 is 0. The van der Waals surface area contributed by atoms with Gasteiger partial charge in [-0.05, 0) is 24.3 Å². The van der Waals surface area contributed by atoms with Crippen LogP contribution in [0.4, 0.5) is 0 Å². The van der Waals surface area contributed by atoms with E-state index in [1.807, 2.05) is 12.1 Å². The van der Waals surface area contributed by atoms with E-state index >= 15 is 0 Å². The summed E-state index contributed by atoms with van der Waals surface area (Å²) in [5, 5.41) is 2.42. The number of hydrogen-bond donors (Lipinski definition) is 1. The van der Waals surface area contributed by atoms with E-state index in [0.717, 1.165) is 18.3 Å². The molecule has 0 spiro atoms. The van der Waals surface area contributed by atoms with Crippen LogP contribution >= 0.6 is 0 Å². The largest absolute Gasteiger partial charge is 0.490 e. The molecule has 0 amide bonds. The van der Waals surface area contributed by atoms with Gasteiger partial charge in [0.2, 0.25) is 0 Å². The Hall–Kier alpha value is -1.28. The Labute approximate surface area is 91.0 Å². The van der Waals surface area contributed by atoms with Gasteiger partial charge in [0, 0.05) is 18.4 Å². The molecule has 15 heavy (non-hydrogen) atoms. The fraction of sp³-hybridized carbons (Fsp3) is 0.385. The molecule has 1 aromatic carbocycles. The minimum absolute atomic E-state index is 0.577. The van der Waals surface area contributed by atoms with Gasteiger partial charge in [-0.3, -0.25) is 0 Å². The van der Waals surface area contributed by atoms with Crippen molar-refractivity contribution in [1.82, 2.24) is 0 Å². The molecular formula is C13H18NO+. The van der Waals surface area contributed by atoms with Gasteiger partial charge in [0.25, 0.3) is 0 Å². The third-order valence-electron chi connectivity index (χ3n) is 2.60. The maximum atomic E-state index is 5.42. The predicted molar refractivity (Wildman–Crippen MR) is 60.8 cm³/mol. The molecule has 0 unspecified atom stereocenters. The van der Waals surface area contributed by atoms with E-state index in [-0.39, 0.29) is 0 Å². The van der Waals surface area contributed by atoms with E-state index in [4.69, 9.17) is 4.74 Å². The van der Waals surface area contributed by atoms with Crippen molar-refractivity contribution in [3.05, 3.63) is 42.5 Å².